The van der Waals surface area contributed by atoms with Gasteiger partial charge in [-0.05, 0) is 22.4 Å². The first-order chi connectivity index (χ1) is 11.1. The second-order valence-corrected chi connectivity index (χ2v) is 6.57. The van der Waals surface area contributed by atoms with E-state index in [1.54, 1.807) is 23.7 Å². The molecule has 7 heteroatoms. The highest BCUT2D eigenvalue weighted by Crippen LogP contribution is 2.19. The average molecular weight is 332 g/mol. The molecular weight excluding hydrogens is 312 g/mol. The Morgan fingerprint density at radius 2 is 2.35 bits per heavy atom. The lowest BCUT2D eigenvalue weighted by atomic mass is 10.2. The van der Waals surface area contributed by atoms with Crippen LogP contribution in [-0.2, 0) is 11.2 Å². The van der Waals surface area contributed by atoms with Crippen molar-refractivity contribution in [2.45, 2.75) is 18.9 Å². The summed E-state index contributed by atoms with van der Waals surface area (Å²) in [6.07, 6.45) is 4.57. The Hall–Kier alpha value is -2.15. The number of hydrogen-bond donors (Lipinski definition) is 0. The summed E-state index contributed by atoms with van der Waals surface area (Å²) in [5.41, 5.74) is 1.08. The zero-order valence-electron chi connectivity index (χ0n) is 13.3. The first kappa shape index (κ1) is 15.7. The highest BCUT2D eigenvalue weighted by molar-refractivity contribution is 7.07. The molecule has 1 amide bonds. The molecule has 3 heterocycles. The standard InChI is InChI=1S/C16H20N4O2S/c1-19(2)14-8-17-9-15(18-14)22-13-3-5-20(10-13)16(21)7-12-4-6-23-11-12/h4,6,8-9,11,13H,3,5,7,10H2,1-2H3/t13-/m1/s1. The fourth-order valence-electron chi connectivity index (χ4n) is 2.51. The summed E-state index contributed by atoms with van der Waals surface area (Å²) < 4.78 is 5.89. The maximum atomic E-state index is 12.3. The zero-order valence-corrected chi connectivity index (χ0v) is 14.1. The maximum Gasteiger partial charge on any atom is 0.234 e. The van der Waals surface area contributed by atoms with Crippen LogP contribution in [0.2, 0.25) is 0 Å². The molecule has 1 aliphatic heterocycles. The molecule has 122 valence electrons. The van der Waals surface area contributed by atoms with Crippen LogP contribution in [0.5, 0.6) is 5.88 Å². The first-order valence-corrected chi connectivity index (χ1v) is 8.51. The summed E-state index contributed by atoms with van der Waals surface area (Å²) in [5, 5.41) is 4.01. The predicted molar refractivity (Wildman–Crippen MR) is 90.0 cm³/mol. The Balaban J connectivity index is 1.55. The first-order valence-electron chi connectivity index (χ1n) is 7.56. The molecule has 2 aromatic rings. The second kappa shape index (κ2) is 6.95. The van der Waals surface area contributed by atoms with E-state index in [4.69, 9.17) is 4.74 Å². The summed E-state index contributed by atoms with van der Waals surface area (Å²) in [7, 11) is 3.82. The maximum absolute atomic E-state index is 12.3. The summed E-state index contributed by atoms with van der Waals surface area (Å²) >= 11 is 1.62. The zero-order chi connectivity index (χ0) is 16.2. The number of carbonyl (C=O) groups is 1. The van der Waals surface area contributed by atoms with Crippen LogP contribution < -0.4 is 9.64 Å². The smallest absolute Gasteiger partial charge is 0.234 e. The van der Waals surface area contributed by atoms with E-state index < -0.39 is 0 Å². The van der Waals surface area contributed by atoms with Gasteiger partial charge in [0.1, 0.15) is 6.10 Å². The molecule has 0 bridgehead atoms. The summed E-state index contributed by atoms with van der Waals surface area (Å²) in [5.74, 6) is 1.42. The molecule has 1 fully saturated rings. The second-order valence-electron chi connectivity index (χ2n) is 5.79. The van der Waals surface area contributed by atoms with E-state index in [-0.39, 0.29) is 12.0 Å². The molecule has 23 heavy (non-hydrogen) atoms. The quantitative estimate of drug-likeness (QED) is 0.836. The van der Waals surface area contributed by atoms with E-state index in [2.05, 4.69) is 9.97 Å². The largest absolute Gasteiger partial charge is 0.471 e. The lowest BCUT2D eigenvalue weighted by molar-refractivity contribution is -0.129. The van der Waals surface area contributed by atoms with Crippen LogP contribution in [0.1, 0.15) is 12.0 Å². The van der Waals surface area contributed by atoms with Crippen LogP contribution in [0.4, 0.5) is 5.82 Å². The summed E-state index contributed by atoms with van der Waals surface area (Å²) in [4.78, 5) is 24.6. The molecule has 6 nitrogen and oxygen atoms in total. The van der Waals surface area contributed by atoms with Gasteiger partial charge in [0, 0.05) is 27.1 Å². The van der Waals surface area contributed by atoms with Crippen molar-refractivity contribution in [1.82, 2.24) is 14.9 Å². The third-order valence-electron chi connectivity index (χ3n) is 3.78. The van der Waals surface area contributed by atoms with Crippen molar-refractivity contribution in [3.8, 4) is 5.88 Å². The molecule has 0 aromatic carbocycles. The number of amides is 1. The Morgan fingerprint density at radius 3 is 3.09 bits per heavy atom. The third kappa shape index (κ3) is 3.98. The van der Waals surface area contributed by atoms with E-state index in [1.807, 2.05) is 40.7 Å². The number of rotatable bonds is 5. The van der Waals surface area contributed by atoms with Crippen molar-refractivity contribution in [1.29, 1.82) is 0 Å². The van der Waals surface area contributed by atoms with Crippen LogP contribution in [0.25, 0.3) is 0 Å². The number of aromatic nitrogens is 2. The lowest BCUT2D eigenvalue weighted by Gasteiger charge is -2.17. The topological polar surface area (TPSA) is 58.6 Å². The van der Waals surface area contributed by atoms with Crippen molar-refractivity contribution in [3.63, 3.8) is 0 Å². The fraction of sp³-hybridized carbons (Fsp3) is 0.438. The van der Waals surface area contributed by atoms with Crippen molar-refractivity contribution < 1.29 is 9.53 Å². The minimum atomic E-state index is -0.0202. The van der Waals surface area contributed by atoms with Gasteiger partial charge in [0.05, 0.1) is 25.4 Å². The molecule has 0 radical (unpaired) electrons. The van der Waals surface area contributed by atoms with E-state index in [0.29, 0.717) is 18.8 Å². The van der Waals surface area contributed by atoms with Crippen LogP contribution in [0, 0.1) is 0 Å². The number of anilines is 1. The van der Waals surface area contributed by atoms with Crippen molar-refractivity contribution in [2.24, 2.45) is 0 Å². The Bertz CT molecular complexity index is 660. The summed E-state index contributed by atoms with van der Waals surface area (Å²) in [6.45, 7) is 1.34. The van der Waals surface area contributed by atoms with Crippen molar-refractivity contribution >= 4 is 23.1 Å². The molecule has 0 N–H and O–H groups in total. The monoisotopic (exact) mass is 332 g/mol. The Labute approximate surface area is 139 Å². The molecular formula is C16H20N4O2S. The third-order valence-corrected chi connectivity index (χ3v) is 4.51. The molecule has 1 atom stereocenters. The van der Waals surface area contributed by atoms with Crippen LogP contribution in [-0.4, -0.2) is 54.1 Å². The molecule has 1 aliphatic rings. The van der Waals surface area contributed by atoms with Gasteiger partial charge in [-0.2, -0.15) is 16.3 Å². The number of ether oxygens (including phenoxy) is 1. The van der Waals surface area contributed by atoms with Gasteiger partial charge in [-0.15, -0.1) is 0 Å². The number of carbonyl (C=O) groups excluding carboxylic acids is 1. The van der Waals surface area contributed by atoms with Gasteiger partial charge in [0.2, 0.25) is 11.8 Å². The fourth-order valence-corrected chi connectivity index (χ4v) is 3.18. The number of thiophene rings is 1. The van der Waals surface area contributed by atoms with Gasteiger partial charge in [0.25, 0.3) is 0 Å². The molecule has 0 saturated carbocycles. The number of nitrogens with zero attached hydrogens (tertiary/aromatic N) is 4. The van der Waals surface area contributed by atoms with Crippen molar-refractivity contribution in [2.75, 3.05) is 32.1 Å². The van der Waals surface area contributed by atoms with Gasteiger partial charge in [0.15, 0.2) is 5.82 Å². The molecule has 2 aromatic heterocycles. The van der Waals surface area contributed by atoms with E-state index in [1.165, 1.54) is 0 Å². The molecule has 1 saturated heterocycles. The molecule has 0 spiro atoms. The van der Waals surface area contributed by atoms with Gasteiger partial charge in [-0.25, -0.2) is 0 Å². The highest BCUT2D eigenvalue weighted by atomic mass is 32.1. The SMILES string of the molecule is CN(C)c1cncc(O[C@@H]2CCN(C(=O)Cc3ccsc3)C2)n1. The minimum Gasteiger partial charge on any atom is -0.471 e. The van der Waals surface area contributed by atoms with E-state index in [0.717, 1.165) is 24.3 Å². The van der Waals surface area contributed by atoms with Crippen LogP contribution in [0.15, 0.2) is 29.2 Å². The Kier molecular flexibility index (Phi) is 4.76. The molecule has 3 rings (SSSR count). The lowest BCUT2D eigenvalue weighted by Crippen LogP contribution is -2.32. The van der Waals surface area contributed by atoms with Crippen molar-refractivity contribution in [3.05, 3.63) is 34.8 Å². The van der Waals surface area contributed by atoms with E-state index in [9.17, 15) is 4.79 Å². The van der Waals surface area contributed by atoms with Gasteiger partial charge in [-0.1, -0.05) is 0 Å². The van der Waals surface area contributed by atoms with E-state index >= 15 is 0 Å². The van der Waals surface area contributed by atoms with Crippen LogP contribution in [0.3, 0.4) is 0 Å². The minimum absolute atomic E-state index is 0.0202. The van der Waals surface area contributed by atoms with Crippen LogP contribution >= 0.6 is 11.3 Å². The van der Waals surface area contributed by atoms with Gasteiger partial charge < -0.3 is 14.5 Å². The van der Waals surface area contributed by atoms with Gasteiger partial charge in [-0.3, -0.25) is 9.78 Å². The Morgan fingerprint density at radius 1 is 1.48 bits per heavy atom. The average Bonchev–Trinajstić information content (AvgIpc) is 3.19. The number of likely N-dealkylation sites (tertiary alicyclic amines) is 1. The predicted octanol–water partition coefficient (Wildman–Crippen LogP) is 1.83. The highest BCUT2D eigenvalue weighted by Gasteiger charge is 2.28. The molecule has 0 aliphatic carbocycles. The van der Waals surface area contributed by atoms with Gasteiger partial charge >= 0.3 is 0 Å². The molecule has 0 unspecified atom stereocenters. The number of hydrogen-bond acceptors (Lipinski definition) is 6. The normalized spacial score (nSPS) is 17.3. The summed E-state index contributed by atoms with van der Waals surface area (Å²) in [6, 6.07) is 1.99.